The zero-order valence-electron chi connectivity index (χ0n) is 13.4. The number of unbranched alkanes of at least 4 members (excludes halogenated alkanes) is 1. The van der Waals surface area contributed by atoms with E-state index < -0.39 is 0 Å². The van der Waals surface area contributed by atoms with Gasteiger partial charge in [0.05, 0.1) is 5.54 Å². The van der Waals surface area contributed by atoms with Gasteiger partial charge in [0.2, 0.25) is 0 Å². The molecule has 1 aliphatic carbocycles. The molecule has 0 bridgehead atoms. The molecule has 1 unspecified atom stereocenters. The van der Waals surface area contributed by atoms with Crippen LogP contribution in [0.2, 0.25) is 0 Å². The summed E-state index contributed by atoms with van der Waals surface area (Å²) in [4.78, 5) is 2.61. The van der Waals surface area contributed by atoms with E-state index in [2.05, 4.69) is 56.0 Å². The van der Waals surface area contributed by atoms with Gasteiger partial charge in [0.25, 0.3) is 0 Å². The molecule has 1 aromatic rings. The number of rotatable bonds is 6. The molecule has 0 aromatic heterocycles. The van der Waals surface area contributed by atoms with Crippen molar-refractivity contribution in [3.05, 3.63) is 30.3 Å². The first-order chi connectivity index (χ1) is 9.57. The predicted octanol–water partition coefficient (Wildman–Crippen LogP) is 4.20. The van der Waals surface area contributed by atoms with E-state index in [9.17, 15) is 0 Å². The second kappa shape index (κ2) is 6.17. The highest BCUT2D eigenvalue weighted by molar-refractivity contribution is 5.50. The Morgan fingerprint density at radius 3 is 2.35 bits per heavy atom. The van der Waals surface area contributed by atoms with E-state index in [0.29, 0.717) is 0 Å². The summed E-state index contributed by atoms with van der Waals surface area (Å²) in [5.41, 5.74) is 8.05. The average molecular weight is 274 g/mol. The van der Waals surface area contributed by atoms with Crippen molar-refractivity contribution >= 4 is 5.69 Å². The van der Waals surface area contributed by atoms with Gasteiger partial charge in [-0.1, -0.05) is 51.8 Å². The molecule has 20 heavy (non-hydrogen) atoms. The van der Waals surface area contributed by atoms with Crippen LogP contribution in [-0.4, -0.2) is 18.6 Å². The van der Waals surface area contributed by atoms with Crippen molar-refractivity contribution in [2.45, 2.75) is 58.4 Å². The summed E-state index contributed by atoms with van der Waals surface area (Å²) in [6.45, 7) is 8.92. The third kappa shape index (κ3) is 2.58. The maximum Gasteiger partial charge on any atom is 0.0574 e. The van der Waals surface area contributed by atoms with Crippen LogP contribution in [0.3, 0.4) is 0 Å². The van der Waals surface area contributed by atoms with E-state index in [1.165, 1.54) is 37.8 Å². The van der Waals surface area contributed by atoms with Crippen LogP contribution in [0.25, 0.3) is 0 Å². The Balaban J connectivity index is 2.39. The Bertz CT molecular complexity index is 413. The lowest BCUT2D eigenvalue weighted by Gasteiger charge is -2.51. The molecule has 112 valence electrons. The minimum atomic E-state index is 0.115. The molecule has 2 heteroatoms. The number of nitrogens with two attached hydrogens (primary N) is 1. The minimum absolute atomic E-state index is 0.115. The fraction of sp³-hybridized carbons (Fsp3) is 0.667. The molecule has 0 amide bonds. The molecule has 1 aliphatic rings. The van der Waals surface area contributed by atoms with Gasteiger partial charge in [-0.05, 0) is 36.8 Å². The summed E-state index contributed by atoms with van der Waals surface area (Å²) < 4.78 is 0. The van der Waals surface area contributed by atoms with E-state index in [-0.39, 0.29) is 11.0 Å². The van der Waals surface area contributed by atoms with Crippen LogP contribution in [0.1, 0.15) is 52.9 Å². The number of benzene rings is 1. The zero-order chi connectivity index (χ0) is 14.6. The summed E-state index contributed by atoms with van der Waals surface area (Å²) in [6.07, 6.45) is 6.24. The van der Waals surface area contributed by atoms with Crippen molar-refractivity contribution in [1.82, 2.24) is 0 Å². The lowest BCUT2D eigenvalue weighted by Crippen LogP contribution is -2.60. The van der Waals surface area contributed by atoms with E-state index in [4.69, 9.17) is 5.73 Å². The number of nitrogens with zero attached hydrogens (tertiary/aromatic N) is 1. The maximum absolute atomic E-state index is 6.31. The van der Waals surface area contributed by atoms with Crippen molar-refractivity contribution in [3.8, 4) is 0 Å². The van der Waals surface area contributed by atoms with Crippen molar-refractivity contribution in [2.75, 3.05) is 18.0 Å². The topological polar surface area (TPSA) is 29.3 Å². The SMILES string of the molecule is CCCCN(c1ccccc1)C1(CN)CCCC1(C)C. The number of hydrogen-bond donors (Lipinski definition) is 1. The van der Waals surface area contributed by atoms with E-state index >= 15 is 0 Å². The molecule has 1 saturated carbocycles. The minimum Gasteiger partial charge on any atom is -0.364 e. The lowest BCUT2D eigenvalue weighted by molar-refractivity contribution is 0.198. The molecule has 1 fully saturated rings. The van der Waals surface area contributed by atoms with Crippen molar-refractivity contribution in [3.63, 3.8) is 0 Å². The van der Waals surface area contributed by atoms with Crippen LogP contribution in [0.5, 0.6) is 0 Å². The van der Waals surface area contributed by atoms with Gasteiger partial charge in [0.15, 0.2) is 0 Å². The molecule has 0 saturated heterocycles. The molecule has 0 radical (unpaired) electrons. The number of hydrogen-bond acceptors (Lipinski definition) is 2. The van der Waals surface area contributed by atoms with Crippen molar-refractivity contribution in [1.29, 1.82) is 0 Å². The fourth-order valence-electron chi connectivity index (χ4n) is 3.90. The number of para-hydroxylation sites is 1. The maximum atomic E-state index is 6.31. The quantitative estimate of drug-likeness (QED) is 0.842. The Morgan fingerprint density at radius 1 is 1.15 bits per heavy atom. The average Bonchev–Trinajstić information content (AvgIpc) is 2.76. The van der Waals surface area contributed by atoms with E-state index in [1.807, 2.05) is 0 Å². The van der Waals surface area contributed by atoms with Crippen molar-refractivity contribution < 1.29 is 0 Å². The largest absolute Gasteiger partial charge is 0.364 e. The molecule has 1 aromatic carbocycles. The smallest absolute Gasteiger partial charge is 0.0574 e. The first kappa shape index (κ1) is 15.4. The first-order valence-corrected chi connectivity index (χ1v) is 8.10. The van der Waals surface area contributed by atoms with Gasteiger partial charge in [-0.25, -0.2) is 0 Å². The third-order valence-corrected chi connectivity index (χ3v) is 5.31. The lowest BCUT2D eigenvalue weighted by atomic mass is 9.73. The Hall–Kier alpha value is -1.02. The van der Waals surface area contributed by atoms with E-state index in [1.54, 1.807) is 0 Å². The molecule has 0 heterocycles. The second-order valence-corrected chi connectivity index (χ2v) is 6.81. The summed E-state index contributed by atoms with van der Waals surface area (Å²) in [5.74, 6) is 0. The van der Waals surface area contributed by atoms with Gasteiger partial charge >= 0.3 is 0 Å². The highest BCUT2D eigenvalue weighted by Gasteiger charge is 2.51. The zero-order valence-corrected chi connectivity index (χ0v) is 13.4. The van der Waals surface area contributed by atoms with Gasteiger partial charge < -0.3 is 10.6 Å². The van der Waals surface area contributed by atoms with Gasteiger partial charge in [0, 0.05) is 18.8 Å². The molecule has 2 nitrogen and oxygen atoms in total. The Morgan fingerprint density at radius 2 is 1.85 bits per heavy atom. The van der Waals surface area contributed by atoms with Crippen LogP contribution in [0, 0.1) is 5.41 Å². The first-order valence-electron chi connectivity index (χ1n) is 8.10. The van der Waals surface area contributed by atoms with Gasteiger partial charge in [-0.3, -0.25) is 0 Å². The van der Waals surface area contributed by atoms with E-state index in [0.717, 1.165) is 13.1 Å². The second-order valence-electron chi connectivity index (χ2n) is 6.81. The van der Waals surface area contributed by atoms with Crippen molar-refractivity contribution in [2.24, 2.45) is 11.1 Å². The summed E-state index contributed by atoms with van der Waals surface area (Å²) in [7, 11) is 0. The van der Waals surface area contributed by atoms with Gasteiger partial charge in [-0.2, -0.15) is 0 Å². The van der Waals surface area contributed by atoms with Crippen LogP contribution >= 0.6 is 0 Å². The molecular weight excluding hydrogens is 244 g/mol. The normalized spacial score (nSPS) is 24.8. The molecule has 0 spiro atoms. The summed E-state index contributed by atoms with van der Waals surface area (Å²) in [5, 5.41) is 0. The third-order valence-electron chi connectivity index (χ3n) is 5.31. The Kier molecular flexibility index (Phi) is 4.74. The molecule has 1 atom stereocenters. The fourth-order valence-corrected chi connectivity index (χ4v) is 3.90. The molecule has 0 aliphatic heterocycles. The predicted molar refractivity (Wildman–Crippen MR) is 88.1 cm³/mol. The molecule has 2 N–H and O–H groups in total. The summed E-state index contributed by atoms with van der Waals surface area (Å²) >= 11 is 0. The van der Waals surface area contributed by atoms with Crippen LogP contribution in [0.15, 0.2) is 30.3 Å². The Labute approximate surface area is 124 Å². The van der Waals surface area contributed by atoms with Crippen LogP contribution in [0.4, 0.5) is 5.69 Å². The number of anilines is 1. The highest BCUT2D eigenvalue weighted by atomic mass is 15.2. The van der Waals surface area contributed by atoms with Gasteiger partial charge in [-0.15, -0.1) is 0 Å². The standard InChI is InChI=1S/C18H30N2/c1-4-5-14-20(16-10-7-6-8-11-16)18(15-19)13-9-12-17(18,2)3/h6-8,10-11H,4-5,9,12-15,19H2,1-3H3. The van der Waals surface area contributed by atoms with Crippen LogP contribution < -0.4 is 10.6 Å². The molecular formula is C18H30N2. The highest BCUT2D eigenvalue weighted by Crippen LogP contribution is 2.50. The summed E-state index contributed by atoms with van der Waals surface area (Å²) in [6, 6.07) is 10.8. The van der Waals surface area contributed by atoms with Crippen LogP contribution in [-0.2, 0) is 0 Å². The van der Waals surface area contributed by atoms with Gasteiger partial charge in [0.1, 0.15) is 0 Å². The molecule has 2 rings (SSSR count). The monoisotopic (exact) mass is 274 g/mol.